The van der Waals surface area contributed by atoms with Crippen LogP contribution in [0.4, 0.5) is 10.8 Å². The van der Waals surface area contributed by atoms with E-state index in [1.54, 1.807) is 6.08 Å². The van der Waals surface area contributed by atoms with Crippen molar-refractivity contribution < 1.29 is 18.1 Å². The van der Waals surface area contributed by atoms with Crippen LogP contribution in [0.25, 0.3) is 0 Å². The predicted octanol–water partition coefficient (Wildman–Crippen LogP) is 2.22. The molecule has 0 saturated carbocycles. The molecule has 1 aliphatic rings. The van der Waals surface area contributed by atoms with E-state index in [0.717, 1.165) is 17.8 Å². The van der Waals surface area contributed by atoms with Gasteiger partial charge in [-0.15, -0.1) is 16.8 Å². The summed E-state index contributed by atoms with van der Waals surface area (Å²) >= 11 is 2.30. The van der Waals surface area contributed by atoms with Crippen LogP contribution in [0.2, 0.25) is 0 Å². The molecule has 0 amide bonds. The van der Waals surface area contributed by atoms with Gasteiger partial charge in [0.1, 0.15) is 0 Å². The Kier molecular flexibility index (Phi) is 6.61. The molecule has 1 aromatic carbocycles. The Balaban J connectivity index is 1.86. The lowest BCUT2D eigenvalue weighted by atomic mass is 10.3. The molecule has 3 rings (SSSR count). The van der Waals surface area contributed by atoms with Crippen LogP contribution < -0.4 is 5.32 Å². The van der Waals surface area contributed by atoms with Crippen molar-refractivity contribution in [1.29, 1.82) is 0 Å². The summed E-state index contributed by atoms with van der Waals surface area (Å²) in [6.45, 7) is 5.16. The maximum atomic E-state index is 12.7. The summed E-state index contributed by atoms with van der Waals surface area (Å²) in [6.07, 6.45) is 1.67. The Bertz CT molecular complexity index is 972. The van der Waals surface area contributed by atoms with E-state index in [4.69, 9.17) is 4.74 Å². The minimum atomic E-state index is -3.82. The van der Waals surface area contributed by atoms with Crippen LogP contribution in [0, 0.1) is 10.1 Å². The lowest BCUT2D eigenvalue weighted by molar-refractivity contribution is -0.388. The molecule has 28 heavy (non-hydrogen) atoms. The Morgan fingerprint density at radius 1 is 1.39 bits per heavy atom. The van der Waals surface area contributed by atoms with Crippen molar-refractivity contribution >= 4 is 43.9 Å². The summed E-state index contributed by atoms with van der Waals surface area (Å²) in [7, 11) is -3.82. The molecule has 0 bridgehead atoms. The summed E-state index contributed by atoms with van der Waals surface area (Å²) in [6, 6.07) is 3.89. The van der Waals surface area contributed by atoms with E-state index in [1.165, 1.54) is 27.8 Å². The molecule has 0 aliphatic carbocycles. The van der Waals surface area contributed by atoms with E-state index in [1.807, 2.05) is 0 Å². The number of rotatable bonds is 8. The van der Waals surface area contributed by atoms with Gasteiger partial charge in [0.2, 0.25) is 15.2 Å². The van der Waals surface area contributed by atoms with Gasteiger partial charge in [0, 0.05) is 25.7 Å². The molecule has 0 unspecified atom stereocenters. The van der Waals surface area contributed by atoms with Gasteiger partial charge < -0.3 is 10.1 Å². The number of anilines is 1. The first kappa shape index (κ1) is 20.7. The van der Waals surface area contributed by atoms with Gasteiger partial charge in [0.25, 0.3) is 5.69 Å². The van der Waals surface area contributed by atoms with Crippen LogP contribution in [0.1, 0.15) is 0 Å². The van der Waals surface area contributed by atoms with Gasteiger partial charge in [-0.25, -0.2) is 8.42 Å². The zero-order valence-electron chi connectivity index (χ0n) is 14.6. The van der Waals surface area contributed by atoms with E-state index < -0.39 is 14.9 Å². The second kappa shape index (κ2) is 8.96. The normalized spacial score (nSPS) is 15.3. The number of benzene rings is 1. The largest absolute Gasteiger partial charge is 0.379 e. The fourth-order valence-electron chi connectivity index (χ4n) is 2.40. The summed E-state index contributed by atoms with van der Waals surface area (Å²) in [5.41, 5.74) is -0.296. The van der Waals surface area contributed by atoms with E-state index in [9.17, 15) is 18.5 Å². The van der Waals surface area contributed by atoms with Gasteiger partial charge >= 0.3 is 0 Å². The third kappa shape index (κ3) is 4.67. The maximum absolute atomic E-state index is 12.7. The Labute approximate surface area is 169 Å². The first-order chi connectivity index (χ1) is 13.4. The maximum Gasteiger partial charge on any atom is 0.284 e. The topological polar surface area (TPSA) is 128 Å². The van der Waals surface area contributed by atoms with Crippen LogP contribution in [-0.2, 0) is 14.8 Å². The number of ether oxygens (including phenoxy) is 1. The molecular formula is C15H17N5O5S3. The van der Waals surface area contributed by atoms with Gasteiger partial charge in [-0.05, 0) is 23.9 Å². The van der Waals surface area contributed by atoms with E-state index in [0.29, 0.717) is 29.2 Å². The second-order valence-corrected chi connectivity index (χ2v) is 9.75. The molecule has 150 valence electrons. The van der Waals surface area contributed by atoms with Crippen molar-refractivity contribution in [2.45, 2.75) is 14.1 Å². The van der Waals surface area contributed by atoms with Gasteiger partial charge in [0.05, 0.1) is 27.9 Å². The Morgan fingerprint density at radius 2 is 2.14 bits per heavy atom. The Hall–Kier alpha value is -2.06. The highest BCUT2D eigenvalue weighted by Crippen LogP contribution is 2.38. The number of morpholine rings is 1. The van der Waals surface area contributed by atoms with E-state index >= 15 is 0 Å². The number of nitro groups is 1. The lowest BCUT2D eigenvalue weighted by Gasteiger charge is -2.26. The number of hydrogen-bond acceptors (Lipinski definition) is 10. The van der Waals surface area contributed by atoms with Gasteiger partial charge in [-0.1, -0.05) is 17.4 Å². The van der Waals surface area contributed by atoms with Crippen molar-refractivity contribution in [3.05, 3.63) is 41.0 Å². The molecule has 1 fully saturated rings. The molecule has 2 heterocycles. The highest BCUT2D eigenvalue weighted by atomic mass is 32.2. The molecule has 1 aromatic heterocycles. The molecule has 2 aromatic rings. The quantitative estimate of drug-likeness (QED) is 0.371. The average molecular weight is 444 g/mol. The van der Waals surface area contributed by atoms with Crippen LogP contribution >= 0.6 is 23.1 Å². The number of nitrogens with one attached hydrogen (secondary N) is 1. The zero-order chi connectivity index (χ0) is 20.1. The Morgan fingerprint density at radius 3 is 2.82 bits per heavy atom. The smallest absolute Gasteiger partial charge is 0.284 e. The molecule has 1 N–H and O–H groups in total. The molecule has 10 nitrogen and oxygen atoms in total. The standard InChI is InChI=1S/C15H17N5O5S3/c1-2-5-16-14-17-18-15(27-14)26-13-4-3-11(10-12(13)20(21)22)28(23,24)19-6-8-25-9-7-19/h2-4,10H,1,5-9H2,(H,16,17). The van der Waals surface area contributed by atoms with E-state index in [-0.39, 0.29) is 28.6 Å². The molecule has 0 spiro atoms. The van der Waals surface area contributed by atoms with Gasteiger partial charge in [0.15, 0.2) is 4.34 Å². The second-order valence-electron chi connectivity index (χ2n) is 5.55. The summed E-state index contributed by atoms with van der Waals surface area (Å²) in [5.74, 6) is 0. The summed E-state index contributed by atoms with van der Waals surface area (Å²) < 4.78 is 32.4. The molecule has 13 heteroatoms. The number of sulfonamides is 1. The molecule has 0 atom stereocenters. The molecular weight excluding hydrogens is 426 g/mol. The van der Waals surface area contributed by atoms with Crippen molar-refractivity contribution in [3.63, 3.8) is 0 Å². The fourth-order valence-corrected chi connectivity index (χ4v) is 5.63. The first-order valence-corrected chi connectivity index (χ1v) is 11.2. The van der Waals surface area contributed by atoms with Crippen LogP contribution in [0.15, 0.2) is 45.0 Å². The first-order valence-electron chi connectivity index (χ1n) is 8.14. The van der Waals surface area contributed by atoms with Crippen molar-refractivity contribution in [1.82, 2.24) is 14.5 Å². The molecule has 1 aliphatic heterocycles. The SMILES string of the molecule is C=CCNc1nnc(Sc2ccc(S(=O)(=O)N3CCOCC3)cc2[N+](=O)[O-])s1. The summed E-state index contributed by atoms with van der Waals surface area (Å²) in [5, 5.41) is 23.0. The number of nitro benzene ring substituents is 1. The molecule has 1 saturated heterocycles. The third-order valence-corrected chi connectivity index (χ3v) is 7.63. The minimum absolute atomic E-state index is 0.115. The minimum Gasteiger partial charge on any atom is -0.379 e. The molecule has 0 radical (unpaired) electrons. The lowest BCUT2D eigenvalue weighted by Crippen LogP contribution is -2.40. The van der Waals surface area contributed by atoms with Crippen LogP contribution in [0.5, 0.6) is 0 Å². The van der Waals surface area contributed by atoms with Crippen LogP contribution in [-0.4, -0.2) is 60.7 Å². The monoisotopic (exact) mass is 443 g/mol. The number of aromatic nitrogens is 2. The zero-order valence-corrected chi connectivity index (χ0v) is 17.1. The van der Waals surface area contributed by atoms with Crippen LogP contribution in [0.3, 0.4) is 0 Å². The van der Waals surface area contributed by atoms with Gasteiger partial charge in [-0.2, -0.15) is 4.31 Å². The van der Waals surface area contributed by atoms with Gasteiger partial charge in [-0.3, -0.25) is 10.1 Å². The third-order valence-electron chi connectivity index (χ3n) is 3.74. The van der Waals surface area contributed by atoms with Crippen molar-refractivity contribution in [2.75, 3.05) is 38.2 Å². The predicted molar refractivity (Wildman–Crippen MR) is 105 cm³/mol. The summed E-state index contributed by atoms with van der Waals surface area (Å²) in [4.78, 5) is 11.1. The highest BCUT2D eigenvalue weighted by Gasteiger charge is 2.29. The van der Waals surface area contributed by atoms with Crippen molar-refractivity contribution in [3.8, 4) is 0 Å². The van der Waals surface area contributed by atoms with Crippen molar-refractivity contribution in [2.24, 2.45) is 0 Å². The average Bonchev–Trinajstić information content (AvgIpc) is 3.14. The highest BCUT2D eigenvalue weighted by molar-refractivity contribution is 8.01. The van der Waals surface area contributed by atoms with E-state index in [2.05, 4.69) is 22.1 Å². The fraction of sp³-hybridized carbons (Fsp3) is 0.333. The number of nitrogens with zero attached hydrogens (tertiary/aromatic N) is 4. The number of hydrogen-bond donors (Lipinski definition) is 1.